The molecule has 18 heavy (non-hydrogen) atoms. The van der Waals surface area contributed by atoms with Gasteiger partial charge in [0.1, 0.15) is 11.9 Å². The molecule has 0 aromatic heterocycles. The lowest BCUT2D eigenvalue weighted by Crippen LogP contribution is -2.18. The molecule has 3 heteroatoms. The van der Waals surface area contributed by atoms with Crippen LogP contribution in [0, 0.1) is 6.92 Å². The number of nitrogens with two attached hydrogens (primary N) is 1. The summed E-state index contributed by atoms with van der Waals surface area (Å²) in [6.45, 7) is 2.42. The van der Waals surface area contributed by atoms with Gasteiger partial charge in [-0.25, -0.2) is 0 Å². The molecule has 2 aromatic carbocycles. The summed E-state index contributed by atoms with van der Waals surface area (Å²) in [5.41, 5.74) is 7.90. The van der Waals surface area contributed by atoms with Gasteiger partial charge in [0.25, 0.3) is 0 Å². The van der Waals surface area contributed by atoms with E-state index in [9.17, 15) is 0 Å². The number of rotatable bonds is 4. The fourth-order valence-corrected chi connectivity index (χ4v) is 1.94. The second-order valence-corrected chi connectivity index (χ2v) is 4.60. The summed E-state index contributed by atoms with van der Waals surface area (Å²) in [6.07, 6.45) is -0.150. The van der Waals surface area contributed by atoms with E-state index in [4.69, 9.17) is 22.1 Å². The molecule has 0 saturated carbocycles. The topological polar surface area (TPSA) is 35.2 Å². The van der Waals surface area contributed by atoms with Gasteiger partial charge in [-0.05, 0) is 30.2 Å². The third kappa shape index (κ3) is 3.03. The standard InChI is InChI=1S/C15H16ClNO/c1-11-7-8-13(16)9-14(11)18-15(10-17)12-5-3-2-4-6-12/h2-9,15H,10,17H2,1H3. The van der Waals surface area contributed by atoms with Gasteiger partial charge in [0.05, 0.1) is 0 Å². The highest BCUT2D eigenvalue weighted by atomic mass is 35.5. The summed E-state index contributed by atoms with van der Waals surface area (Å²) in [6, 6.07) is 15.6. The van der Waals surface area contributed by atoms with E-state index in [0.29, 0.717) is 11.6 Å². The Morgan fingerprint density at radius 2 is 1.89 bits per heavy atom. The Morgan fingerprint density at radius 1 is 1.17 bits per heavy atom. The minimum absolute atomic E-state index is 0.150. The number of halogens is 1. The van der Waals surface area contributed by atoms with Crippen LogP contribution in [0.2, 0.25) is 5.02 Å². The molecule has 0 aliphatic rings. The molecule has 2 nitrogen and oxygen atoms in total. The van der Waals surface area contributed by atoms with Crippen molar-refractivity contribution >= 4 is 11.6 Å². The van der Waals surface area contributed by atoms with Crippen molar-refractivity contribution in [3.05, 3.63) is 64.7 Å². The van der Waals surface area contributed by atoms with Gasteiger partial charge < -0.3 is 10.5 Å². The monoisotopic (exact) mass is 261 g/mol. The van der Waals surface area contributed by atoms with Crippen LogP contribution in [-0.2, 0) is 0 Å². The Morgan fingerprint density at radius 3 is 2.56 bits per heavy atom. The number of hydrogen-bond acceptors (Lipinski definition) is 2. The normalized spacial score (nSPS) is 12.2. The highest BCUT2D eigenvalue weighted by molar-refractivity contribution is 6.30. The van der Waals surface area contributed by atoms with Gasteiger partial charge in [0, 0.05) is 11.6 Å². The molecule has 0 heterocycles. The van der Waals surface area contributed by atoms with Crippen LogP contribution < -0.4 is 10.5 Å². The quantitative estimate of drug-likeness (QED) is 0.910. The van der Waals surface area contributed by atoms with Gasteiger partial charge in [0.15, 0.2) is 0 Å². The molecule has 0 fully saturated rings. The van der Waals surface area contributed by atoms with Gasteiger partial charge in [0.2, 0.25) is 0 Å². The predicted molar refractivity (Wildman–Crippen MR) is 75.1 cm³/mol. The first kappa shape index (κ1) is 12.9. The zero-order valence-electron chi connectivity index (χ0n) is 10.3. The molecule has 0 bridgehead atoms. The van der Waals surface area contributed by atoms with Crippen LogP contribution in [-0.4, -0.2) is 6.54 Å². The van der Waals surface area contributed by atoms with Crippen LogP contribution in [0.3, 0.4) is 0 Å². The second kappa shape index (κ2) is 5.89. The van der Waals surface area contributed by atoms with Gasteiger partial charge in [-0.3, -0.25) is 0 Å². The van der Waals surface area contributed by atoms with Crippen LogP contribution in [0.4, 0.5) is 0 Å². The fraction of sp³-hybridized carbons (Fsp3) is 0.200. The molecule has 1 unspecified atom stereocenters. The third-order valence-corrected chi connectivity index (χ3v) is 3.04. The highest BCUT2D eigenvalue weighted by Gasteiger charge is 2.12. The lowest BCUT2D eigenvalue weighted by molar-refractivity contribution is 0.213. The highest BCUT2D eigenvalue weighted by Crippen LogP contribution is 2.27. The molecule has 0 spiro atoms. The second-order valence-electron chi connectivity index (χ2n) is 4.16. The van der Waals surface area contributed by atoms with E-state index in [-0.39, 0.29) is 6.10 Å². The Kier molecular flexibility index (Phi) is 4.24. The van der Waals surface area contributed by atoms with Crippen molar-refractivity contribution in [1.29, 1.82) is 0 Å². The van der Waals surface area contributed by atoms with Crippen LogP contribution in [0.5, 0.6) is 5.75 Å². The van der Waals surface area contributed by atoms with E-state index in [2.05, 4.69) is 0 Å². The lowest BCUT2D eigenvalue weighted by Gasteiger charge is -2.19. The Balaban J connectivity index is 2.23. The average molecular weight is 262 g/mol. The number of benzene rings is 2. The molecule has 0 radical (unpaired) electrons. The molecule has 94 valence electrons. The molecule has 2 N–H and O–H groups in total. The average Bonchev–Trinajstić information content (AvgIpc) is 2.41. The SMILES string of the molecule is Cc1ccc(Cl)cc1OC(CN)c1ccccc1. The summed E-state index contributed by atoms with van der Waals surface area (Å²) < 4.78 is 5.95. The first-order valence-corrected chi connectivity index (χ1v) is 6.26. The van der Waals surface area contributed by atoms with Crippen LogP contribution >= 0.6 is 11.6 Å². The molecule has 0 amide bonds. The molecule has 0 aliphatic heterocycles. The van der Waals surface area contributed by atoms with E-state index in [1.807, 2.05) is 55.5 Å². The largest absolute Gasteiger partial charge is 0.484 e. The summed E-state index contributed by atoms with van der Waals surface area (Å²) in [4.78, 5) is 0. The minimum atomic E-state index is -0.150. The van der Waals surface area contributed by atoms with E-state index in [1.54, 1.807) is 0 Å². The van der Waals surface area contributed by atoms with Crippen molar-refractivity contribution in [3.63, 3.8) is 0 Å². The first-order valence-electron chi connectivity index (χ1n) is 5.88. The van der Waals surface area contributed by atoms with Crippen molar-refractivity contribution in [1.82, 2.24) is 0 Å². The predicted octanol–water partition coefficient (Wildman–Crippen LogP) is 3.73. The van der Waals surface area contributed by atoms with E-state index >= 15 is 0 Å². The molecular weight excluding hydrogens is 246 g/mol. The number of ether oxygens (including phenoxy) is 1. The zero-order chi connectivity index (χ0) is 13.0. The smallest absolute Gasteiger partial charge is 0.136 e. The Labute approximate surface area is 112 Å². The Hall–Kier alpha value is -1.51. The van der Waals surface area contributed by atoms with Gasteiger partial charge in [-0.1, -0.05) is 48.0 Å². The summed E-state index contributed by atoms with van der Waals surface area (Å²) in [5, 5.41) is 0.666. The van der Waals surface area contributed by atoms with Crippen LogP contribution in [0.15, 0.2) is 48.5 Å². The Bertz CT molecular complexity index is 513. The number of aryl methyl sites for hydroxylation is 1. The lowest BCUT2D eigenvalue weighted by atomic mass is 10.1. The summed E-state index contributed by atoms with van der Waals surface area (Å²) >= 11 is 5.98. The molecule has 0 saturated heterocycles. The van der Waals surface area contributed by atoms with E-state index in [0.717, 1.165) is 16.9 Å². The van der Waals surface area contributed by atoms with E-state index in [1.165, 1.54) is 0 Å². The molecule has 2 aromatic rings. The van der Waals surface area contributed by atoms with Crippen LogP contribution in [0.1, 0.15) is 17.2 Å². The molecular formula is C15H16ClNO. The van der Waals surface area contributed by atoms with Crippen molar-refractivity contribution < 1.29 is 4.74 Å². The zero-order valence-corrected chi connectivity index (χ0v) is 11.0. The first-order chi connectivity index (χ1) is 8.70. The molecule has 2 rings (SSSR count). The van der Waals surface area contributed by atoms with Gasteiger partial charge in [-0.15, -0.1) is 0 Å². The maximum absolute atomic E-state index is 5.98. The van der Waals surface area contributed by atoms with Crippen molar-refractivity contribution in [3.8, 4) is 5.75 Å². The molecule has 1 atom stereocenters. The van der Waals surface area contributed by atoms with E-state index < -0.39 is 0 Å². The van der Waals surface area contributed by atoms with Crippen molar-refractivity contribution in [2.24, 2.45) is 5.73 Å². The van der Waals surface area contributed by atoms with Gasteiger partial charge >= 0.3 is 0 Å². The third-order valence-electron chi connectivity index (χ3n) is 2.80. The number of hydrogen-bond donors (Lipinski definition) is 1. The van der Waals surface area contributed by atoms with Crippen LogP contribution in [0.25, 0.3) is 0 Å². The van der Waals surface area contributed by atoms with Gasteiger partial charge in [-0.2, -0.15) is 0 Å². The maximum Gasteiger partial charge on any atom is 0.136 e. The molecule has 0 aliphatic carbocycles. The fourth-order valence-electron chi connectivity index (χ4n) is 1.77. The summed E-state index contributed by atoms with van der Waals surface area (Å²) in [7, 11) is 0. The van der Waals surface area contributed by atoms with Crippen molar-refractivity contribution in [2.75, 3.05) is 6.54 Å². The maximum atomic E-state index is 5.98. The van der Waals surface area contributed by atoms with Crippen molar-refractivity contribution in [2.45, 2.75) is 13.0 Å². The minimum Gasteiger partial charge on any atom is -0.484 e. The summed E-state index contributed by atoms with van der Waals surface area (Å²) in [5.74, 6) is 0.779.